The third-order valence-electron chi connectivity index (χ3n) is 1.69. The number of terminal acetylenes is 1. The van der Waals surface area contributed by atoms with E-state index in [1.54, 1.807) is 0 Å². The van der Waals surface area contributed by atoms with Crippen LogP contribution >= 0.6 is 0 Å². The van der Waals surface area contributed by atoms with Crippen molar-refractivity contribution in [2.45, 2.75) is 18.6 Å². The van der Waals surface area contributed by atoms with Gasteiger partial charge in [0.15, 0.2) is 0 Å². The largest absolute Gasteiger partial charge is 0.465 e. The Balaban J connectivity index is 2.67. The first-order chi connectivity index (χ1) is 5.15. The summed E-state index contributed by atoms with van der Waals surface area (Å²) in [4.78, 5) is 11.3. The molecule has 1 saturated heterocycles. The second kappa shape index (κ2) is 2.79. The Morgan fingerprint density at radius 1 is 1.82 bits per heavy atom. The van der Waals surface area contributed by atoms with Gasteiger partial charge in [0, 0.05) is 6.42 Å². The van der Waals surface area contributed by atoms with Crippen LogP contribution in [0.15, 0.2) is 0 Å². The molecule has 1 fully saturated rings. The summed E-state index contributed by atoms with van der Waals surface area (Å²) in [6, 6.07) is -0.581. The van der Waals surface area contributed by atoms with Gasteiger partial charge in [0.1, 0.15) is 6.17 Å². The monoisotopic (exact) mass is 157 g/mol. The highest BCUT2D eigenvalue weighted by molar-refractivity contribution is 5.66. The summed E-state index contributed by atoms with van der Waals surface area (Å²) in [5.41, 5.74) is 0. The molecule has 0 bridgehead atoms. The first-order valence-corrected chi connectivity index (χ1v) is 3.25. The normalized spacial score (nSPS) is 30.0. The zero-order valence-corrected chi connectivity index (χ0v) is 5.83. The summed E-state index contributed by atoms with van der Waals surface area (Å²) in [6.07, 6.45) is 2.88. The van der Waals surface area contributed by atoms with Crippen LogP contribution in [0.1, 0.15) is 6.42 Å². The summed E-state index contributed by atoms with van der Waals surface area (Å²) in [5.74, 6) is 2.23. The van der Waals surface area contributed by atoms with Crippen LogP contribution in [0.4, 0.5) is 9.18 Å². The van der Waals surface area contributed by atoms with Crippen molar-refractivity contribution in [3.8, 4) is 12.3 Å². The summed E-state index contributed by atoms with van der Waals surface area (Å²) in [6.45, 7) is -0.0931. The van der Waals surface area contributed by atoms with Gasteiger partial charge in [-0.25, -0.2) is 9.18 Å². The fourth-order valence-corrected chi connectivity index (χ4v) is 1.15. The predicted octanol–water partition coefficient (Wildman–Crippen LogP) is 0.710. The number of rotatable bonds is 0. The van der Waals surface area contributed by atoms with E-state index < -0.39 is 18.3 Å². The Kier molecular flexibility index (Phi) is 1.99. The molecule has 3 nitrogen and oxygen atoms in total. The van der Waals surface area contributed by atoms with E-state index in [0.29, 0.717) is 0 Å². The van der Waals surface area contributed by atoms with Gasteiger partial charge in [-0.1, -0.05) is 5.92 Å². The fourth-order valence-electron chi connectivity index (χ4n) is 1.15. The third-order valence-corrected chi connectivity index (χ3v) is 1.69. The van der Waals surface area contributed by atoms with Crippen LogP contribution in [0.2, 0.25) is 0 Å². The molecule has 0 aromatic heterocycles. The van der Waals surface area contributed by atoms with E-state index in [2.05, 4.69) is 5.92 Å². The molecule has 0 aromatic rings. The lowest BCUT2D eigenvalue weighted by Gasteiger charge is -2.14. The van der Waals surface area contributed by atoms with Gasteiger partial charge < -0.3 is 5.11 Å². The second-order valence-corrected chi connectivity index (χ2v) is 2.45. The Labute approximate surface area is 63.8 Å². The van der Waals surface area contributed by atoms with Crippen LogP contribution < -0.4 is 0 Å². The van der Waals surface area contributed by atoms with Gasteiger partial charge in [-0.15, -0.1) is 6.42 Å². The number of carboxylic acid groups (broad SMARTS) is 1. The van der Waals surface area contributed by atoms with Gasteiger partial charge in [0.2, 0.25) is 0 Å². The van der Waals surface area contributed by atoms with Crippen molar-refractivity contribution in [2.24, 2.45) is 0 Å². The molecule has 0 spiro atoms. The van der Waals surface area contributed by atoms with Crippen LogP contribution in [0.25, 0.3) is 0 Å². The summed E-state index contributed by atoms with van der Waals surface area (Å²) < 4.78 is 12.6. The molecule has 60 valence electrons. The summed E-state index contributed by atoms with van der Waals surface area (Å²) in [5, 5.41) is 8.50. The molecule has 4 heteroatoms. The average molecular weight is 157 g/mol. The summed E-state index contributed by atoms with van der Waals surface area (Å²) >= 11 is 0. The Bertz CT molecular complexity index is 211. The molecule has 0 radical (unpaired) electrons. The van der Waals surface area contributed by atoms with Gasteiger partial charge >= 0.3 is 6.09 Å². The minimum atomic E-state index is -1.15. The lowest BCUT2D eigenvalue weighted by molar-refractivity contribution is 0.145. The molecule has 1 amide bonds. The average Bonchev–Trinajstić information content (AvgIpc) is 2.30. The number of halogens is 1. The number of hydrogen-bond acceptors (Lipinski definition) is 1. The fraction of sp³-hybridized carbons (Fsp3) is 0.571. The van der Waals surface area contributed by atoms with Crippen LogP contribution in [0.3, 0.4) is 0 Å². The van der Waals surface area contributed by atoms with Crippen molar-refractivity contribution in [1.29, 1.82) is 0 Å². The zero-order chi connectivity index (χ0) is 8.43. The molecule has 1 aliphatic heterocycles. The van der Waals surface area contributed by atoms with E-state index in [4.69, 9.17) is 11.5 Å². The number of amides is 1. The molecule has 11 heavy (non-hydrogen) atoms. The highest BCUT2D eigenvalue weighted by atomic mass is 19.1. The minimum Gasteiger partial charge on any atom is -0.465 e. The Morgan fingerprint density at radius 3 is 2.82 bits per heavy atom. The first-order valence-electron chi connectivity index (χ1n) is 3.25. The van der Waals surface area contributed by atoms with Gasteiger partial charge in [-0.3, -0.25) is 4.90 Å². The zero-order valence-electron chi connectivity index (χ0n) is 5.83. The molecular weight excluding hydrogens is 149 g/mol. The predicted molar refractivity (Wildman–Crippen MR) is 36.9 cm³/mol. The molecule has 1 N–H and O–H groups in total. The number of likely N-dealkylation sites (tertiary alicyclic amines) is 1. The molecule has 1 unspecified atom stereocenters. The van der Waals surface area contributed by atoms with E-state index in [1.807, 2.05) is 0 Å². The van der Waals surface area contributed by atoms with Crippen molar-refractivity contribution in [3.05, 3.63) is 0 Å². The van der Waals surface area contributed by atoms with Gasteiger partial charge in [0.05, 0.1) is 12.6 Å². The van der Waals surface area contributed by atoms with Gasteiger partial charge in [-0.05, 0) is 0 Å². The van der Waals surface area contributed by atoms with E-state index in [0.717, 1.165) is 4.90 Å². The van der Waals surface area contributed by atoms with E-state index in [1.165, 1.54) is 0 Å². The topological polar surface area (TPSA) is 40.5 Å². The van der Waals surface area contributed by atoms with Gasteiger partial charge in [-0.2, -0.15) is 0 Å². The van der Waals surface area contributed by atoms with Gasteiger partial charge in [0.25, 0.3) is 0 Å². The lowest BCUT2D eigenvalue weighted by Crippen LogP contribution is -2.33. The van der Waals surface area contributed by atoms with E-state index >= 15 is 0 Å². The third kappa shape index (κ3) is 1.43. The quantitative estimate of drug-likeness (QED) is 0.526. The smallest absolute Gasteiger partial charge is 0.408 e. The van der Waals surface area contributed by atoms with Crippen molar-refractivity contribution in [3.63, 3.8) is 0 Å². The van der Waals surface area contributed by atoms with Crippen LogP contribution in [0.5, 0.6) is 0 Å². The Hall–Kier alpha value is -1.24. The summed E-state index contributed by atoms with van der Waals surface area (Å²) in [7, 11) is 0. The molecule has 1 heterocycles. The number of alkyl halides is 1. The first kappa shape index (κ1) is 7.86. The standard InChI is InChI=1S/C7H8FNO2/c1-2-6-3-5(8)4-9(6)7(10)11/h1,5-6H,3-4H2,(H,10,11)/t5-,6?/m0/s1. The lowest BCUT2D eigenvalue weighted by atomic mass is 10.2. The van der Waals surface area contributed by atoms with Crippen molar-refractivity contribution >= 4 is 6.09 Å². The number of carbonyl (C=O) groups is 1. The molecule has 0 aromatic carbocycles. The van der Waals surface area contributed by atoms with E-state index in [-0.39, 0.29) is 13.0 Å². The van der Waals surface area contributed by atoms with Crippen LogP contribution in [-0.4, -0.2) is 34.9 Å². The SMILES string of the molecule is C#CC1C[C@H](F)CN1C(=O)O. The van der Waals surface area contributed by atoms with Crippen molar-refractivity contribution < 1.29 is 14.3 Å². The second-order valence-electron chi connectivity index (χ2n) is 2.45. The highest BCUT2D eigenvalue weighted by Crippen LogP contribution is 2.19. The maximum Gasteiger partial charge on any atom is 0.408 e. The Morgan fingerprint density at radius 2 is 2.45 bits per heavy atom. The van der Waals surface area contributed by atoms with Crippen LogP contribution in [-0.2, 0) is 0 Å². The van der Waals surface area contributed by atoms with Crippen LogP contribution in [0, 0.1) is 12.3 Å². The highest BCUT2D eigenvalue weighted by Gasteiger charge is 2.33. The molecule has 0 aliphatic carbocycles. The molecule has 2 atom stereocenters. The maximum atomic E-state index is 12.6. The molecule has 1 aliphatic rings. The molecular formula is C7H8FNO2. The van der Waals surface area contributed by atoms with E-state index in [9.17, 15) is 9.18 Å². The molecule has 0 saturated carbocycles. The number of hydrogen-bond donors (Lipinski definition) is 1. The molecule has 1 rings (SSSR count). The minimum absolute atomic E-state index is 0.0931. The maximum absolute atomic E-state index is 12.6. The van der Waals surface area contributed by atoms with Crippen molar-refractivity contribution in [2.75, 3.05) is 6.54 Å². The number of nitrogens with zero attached hydrogens (tertiary/aromatic N) is 1. The van der Waals surface area contributed by atoms with Crippen molar-refractivity contribution in [1.82, 2.24) is 4.90 Å².